The van der Waals surface area contributed by atoms with Crippen LogP contribution in [0.5, 0.6) is 0 Å². The second-order valence-electron chi connectivity index (χ2n) is 5.33. The Morgan fingerprint density at radius 2 is 1.68 bits per heavy atom. The predicted molar refractivity (Wildman–Crippen MR) is 72.7 cm³/mol. The Bertz CT molecular complexity index is 425. The fourth-order valence-corrected chi connectivity index (χ4v) is 1.73. The average Bonchev–Trinajstić information content (AvgIpc) is 2.21. The molecule has 0 aromatic heterocycles. The molecule has 0 saturated carbocycles. The van der Waals surface area contributed by atoms with Gasteiger partial charge >= 0.3 is 6.18 Å². The molecule has 0 unspecified atom stereocenters. The number of hydrogen-bond donors (Lipinski definition) is 2. The molecular weight excluding hydrogens is 277 g/mol. The van der Waals surface area contributed by atoms with Crippen LogP contribution in [0.2, 0.25) is 5.02 Å². The van der Waals surface area contributed by atoms with E-state index in [-0.39, 0.29) is 10.6 Å². The van der Waals surface area contributed by atoms with Crippen LogP contribution in [0.3, 0.4) is 0 Å². The summed E-state index contributed by atoms with van der Waals surface area (Å²) in [5.74, 6) is 0. The summed E-state index contributed by atoms with van der Waals surface area (Å²) in [7, 11) is 0. The Kier molecular flexibility index (Phi) is 5.10. The minimum atomic E-state index is -4.38. The molecule has 0 fully saturated rings. The number of nitrogens with one attached hydrogen (secondary N) is 2. The van der Waals surface area contributed by atoms with Crippen LogP contribution in [0.15, 0.2) is 18.2 Å². The Morgan fingerprint density at radius 1 is 1.05 bits per heavy atom. The number of hydrogen-bond acceptors (Lipinski definition) is 2. The molecule has 1 aromatic rings. The molecule has 0 aliphatic carbocycles. The predicted octanol–water partition coefficient (Wildman–Crippen LogP) is 4.16. The fraction of sp³-hybridized carbons (Fsp3) is 0.538. The van der Waals surface area contributed by atoms with Gasteiger partial charge in [-0.3, -0.25) is 0 Å². The lowest BCUT2D eigenvalue weighted by atomic mass is 10.1. The van der Waals surface area contributed by atoms with Crippen molar-refractivity contribution in [2.75, 3.05) is 18.4 Å². The number of rotatable bonds is 4. The lowest BCUT2D eigenvalue weighted by molar-refractivity contribution is -0.137. The summed E-state index contributed by atoms with van der Waals surface area (Å²) in [4.78, 5) is 0. The molecule has 108 valence electrons. The first-order valence-electron chi connectivity index (χ1n) is 5.95. The summed E-state index contributed by atoms with van der Waals surface area (Å²) in [5.41, 5.74) is -0.394. The summed E-state index contributed by atoms with van der Waals surface area (Å²) in [6.07, 6.45) is -4.38. The zero-order valence-corrected chi connectivity index (χ0v) is 11.9. The summed E-state index contributed by atoms with van der Waals surface area (Å²) in [6.45, 7) is 7.24. The highest BCUT2D eigenvalue weighted by Gasteiger charge is 2.31. The molecule has 6 heteroatoms. The van der Waals surface area contributed by atoms with Gasteiger partial charge in [0.2, 0.25) is 0 Å². The molecule has 19 heavy (non-hydrogen) atoms. The molecule has 2 N–H and O–H groups in total. The summed E-state index contributed by atoms with van der Waals surface area (Å²) in [6, 6.07) is 3.46. The van der Waals surface area contributed by atoms with Crippen molar-refractivity contribution in [1.29, 1.82) is 0 Å². The standard InChI is InChI=1S/C13H18ClF3N2/c1-12(2,3)19-5-4-18-11-7-9(13(15,16)17)6-10(14)8-11/h6-8,18-19H,4-5H2,1-3H3. The van der Waals surface area contributed by atoms with Gasteiger partial charge in [0.05, 0.1) is 5.56 Å². The van der Waals surface area contributed by atoms with Gasteiger partial charge in [-0.05, 0) is 39.0 Å². The van der Waals surface area contributed by atoms with E-state index in [1.54, 1.807) is 0 Å². The largest absolute Gasteiger partial charge is 0.416 e. The molecule has 0 heterocycles. The second-order valence-corrected chi connectivity index (χ2v) is 5.77. The zero-order chi connectivity index (χ0) is 14.7. The third-order valence-corrected chi connectivity index (χ3v) is 2.55. The van der Waals surface area contributed by atoms with E-state index < -0.39 is 11.7 Å². The zero-order valence-electron chi connectivity index (χ0n) is 11.2. The van der Waals surface area contributed by atoms with E-state index in [4.69, 9.17) is 11.6 Å². The molecule has 0 aliphatic rings. The normalized spacial score (nSPS) is 12.6. The molecule has 0 amide bonds. The van der Waals surface area contributed by atoms with Crippen LogP contribution < -0.4 is 10.6 Å². The van der Waals surface area contributed by atoms with Crippen molar-refractivity contribution in [1.82, 2.24) is 5.32 Å². The number of anilines is 1. The maximum Gasteiger partial charge on any atom is 0.416 e. The fourth-order valence-electron chi connectivity index (χ4n) is 1.50. The Labute approximate surface area is 116 Å². The summed E-state index contributed by atoms with van der Waals surface area (Å²) < 4.78 is 37.8. The molecule has 1 aromatic carbocycles. The van der Waals surface area contributed by atoms with Crippen molar-refractivity contribution in [2.45, 2.75) is 32.5 Å². The summed E-state index contributed by atoms with van der Waals surface area (Å²) in [5, 5.41) is 6.23. The Morgan fingerprint density at radius 3 is 2.21 bits per heavy atom. The first kappa shape index (κ1) is 16.1. The minimum absolute atomic E-state index is 0.0207. The van der Waals surface area contributed by atoms with Crippen LogP contribution in [0.1, 0.15) is 26.3 Å². The van der Waals surface area contributed by atoms with Crippen molar-refractivity contribution in [3.63, 3.8) is 0 Å². The topological polar surface area (TPSA) is 24.1 Å². The van der Waals surface area contributed by atoms with Crippen LogP contribution in [-0.4, -0.2) is 18.6 Å². The maximum absolute atomic E-state index is 12.6. The van der Waals surface area contributed by atoms with Gasteiger partial charge in [-0.2, -0.15) is 13.2 Å². The van der Waals surface area contributed by atoms with E-state index in [1.807, 2.05) is 20.8 Å². The van der Waals surface area contributed by atoms with Crippen molar-refractivity contribution in [3.8, 4) is 0 Å². The van der Waals surface area contributed by atoms with Crippen LogP contribution in [0, 0.1) is 0 Å². The highest BCUT2D eigenvalue weighted by molar-refractivity contribution is 6.30. The van der Waals surface area contributed by atoms with E-state index >= 15 is 0 Å². The molecule has 0 saturated heterocycles. The Hall–Kier alpha value is -0.940. The highest BCUT2D eigenvalue weighted by atomic mass is 35.5. The van der Waals surface area contributed by atoms with Crippen LogP contribution in [0.4, 0.5) is 18.9 Å². The van der Waals surface area contributed by atoms with Crippen LogP contribution in [-0.2, 0) is 6.18 Å². The highest BCUT2D eigenvalue weighted by Crippen LogP contribution is 2.33. The van der Waals surface area contributed by atoms with Gasteiger partial charge in [0.25, 0.3) is 0 Å². The van der Waals surface area contributed by atoms with Gasteiger partial charge in [-0.1, -0.05) is 11.6 Å². The molecule has 0 atom stereocenters. The van der Waals surface area contributed by atoms with Gasteiger partial charge in [-0.25, -0.2) is 0 Å². The van der Waals surface area contributed by atoms with Crippen molar-refractivity contribution < 1.29 is 13.2 Å². The van der Waals surface area contributed by atoms with Gasteiger partial charge in [0.15, 0.2) is 0 Å². The SMILES string of the molecule is CC(C)(C)NCCNc1cc(Cl)cc(C(F)(F)F)c1. The smallest absolute Gasteiger partial charge is 0.384 e. The van der Waals surface area contributed by atoms with Crippen molar-refractivity contribution >= 4 is 17.3 Å². The monoisotopic (exact) mass is 294 g/mol. The third kappa shape index (κ3) is 6.16. The van der Waals surface area contributed by atoms with Crippen molar-refractivity contribution in [3.05, 3.63) is 28.8 Å². The molecule has 0 aliphatic heterocycles. The van der Waals surface area contributed by atoms with E-state index in [0.29, 0.717) is 18.8 Å². The van der Waals surface area contributed by atoms with Crippen molar-refractivity contribution in [2.24, 2.45) is 0 Å². The summed E-state index contributed by atoms with van der Waals surface area (Å²) >= 11 is 5.69. The Balaban J connectivity index is 2.62. The lowest BCUT2D eigenvalue weighted by Gasteiger charge is -2.21. The van der Waals surface area contributed by atoms with Crippen LogP contribution in [0.25, 0.3) is 0 Å². The molecule has 2 nitrogen and oxygen atoms in total. The quantitative estimate of drug-likeness (QED) is 0.815. The molecular formula is C13H18ClF3N2. The average molecular weight is 295 g/mol. The van der Waals surface area contributed by atoms with Gasteiger partial charge in [0.1, 0.15) is 0 Å². The van der Waals surface area contributed by atoms with Gasteiger partial charge < -0.3 is 10.6 Å². The lowest BCUT2D eigenvalue weighted by Crippen LogP contribution is -2.38. The number of benzene rings is 1. The van der Waals surface area contributed by atoms with E-state index in [2.05, 4.69) is 10.6 Å². The van der Waals surface area contributed by atoms with E-state index in [9.17, 15) is 13.2 Å². The van der Waals surface area contributed by atoms with E-state index in [1.165, 1.54) is 6.07 Å². The van der Waals surface area contributed by atoms with E-state index in [0.717, 1.165) is 12.1 Å². The minimum Gasteiger partial charge on any atom is -0.384 e. The first-order valence-corrected chi connectivity index (χ1v) is 6.32. The first-order chi connectivity index (χ1) is 8.58. The maximum atomic E-state index is 12.6. The third-order valence-electron chi connectivity index (χ3n) is 2.33. The molecule has 0 spiro atoms. The van der Waals surface area contributed by atoms with Gasteiger partial charge in [0, 0.05) is 29.3 Å². The second kappa shape index (κ2) is 6.01. The molecule has 1 rings (SSSR count). The number of alkyl halides is 3. The molecule has 0 radical (unpaired) electrons. The van der Waals surface area contributed by atoms with Gasteiger partial charge in [-0.15, -0.1) is 0 Å². The van der Waals surface area contributed by atoms with Crippen LogP contribution >= 0.6 is 11.6 Å². The molecule has 0 bridgehead atoms. The number of halogens is 4.